The van der Waals surface area contributed by atoms with Crippen LogP contribution in [0.25, 0.3) is 0 Å². The van der Waals surface area contributed by atoms with Gasteiger partial charge in [-0.3, -0.25) is 4.79 Å². The number of hydrogen-bond acceptors (Lipinski definition) is 5. The fraction of sp³-hybridized carbons (Fsp3) is 0.300. The lowest BCUT2D eigenvalue weighted by Crippen LogP contribution is -2.19. The highest BCUT2D eigenvalue weighted by Gasteiger charge is 2.26. The Morgan fingerprint density at radius 3 is 2.62 bits per heavy atom. The van der Waals surface area contributed by atoms with E-state index in [9.17, 15) is 14.7 Å². The minimum absolute atomic E-state index is 0.0422. The molecule has 3 rings (SSSR count). The summed E-state index contributed by atoms with van der Waals surface area (Å²) < 4.78 is 16.4. The van der Waals surface area contributed by atoms with E-state index in [0.29, 0.717) is 34.8 Å². The molecule has 0 bridgehead atoms. The molecule has 0 aliphatic carbocycles. The maximum atomic E-state index is 11.8. The summed E-state index contributed by atoms with van der Waals surface area (Å²) >= 11 is 0. The van der Waals surface area contributed by atoms with Crippen molar-refractivity contribution < 1.29 is 28.9 Å². The molecule has 2 aromatic rings. The number of hydrogen-bond donors (Lipinski definition) is 1. The number of carboxylic acids is 1. The second kappa shape index (κ2) is 7.47. The third-order valence-electron chi connectivity index (χ3n) is 4.15. The Bertz CT molecular complexity index is 842. The smallest absolute Gasteiger partial charge is 0.349 e. The highest BCUT2D eigenvalue weighted by Crippen LogP contribution is 2.36. The molecule has 1 aliphatic heterocycles. The van der Waals surface area contributed by atoms with Crippen LogP contribution in [-0.4, -0.2) is 23.7 Å². The summed E-state index contributed by atoms with van der Waals surface area (Å²) in [5.41, 5.74) is 1.85. The van der Waals surface area contributed by atoms with Gasteiger partial charge in [0.1, 0.15) is 5.75 Å². The summed E-state index contributed by atoms with van der Waals surface area (Å²) in [7, 11) is 0. The number of carbonyl (C=O) groups is 2. The van der Waals surface area contributed by atoms with E-state index in [0.717, 1.165) is 12.0 Å². The lowest BCUT2D eigenvalue weighted by atomic mass is 10.0. The van der Waals surface area contributed by atoms with Crippen LogP contribution in [0.4, 0.5) is 0 Å². The molecule has 0 saturated heterocycles. The SMILES string of the molecule is CCCc1cc(C(C)=O)ccc1OC(C(=O)O)c1ccc2c(c1)OCO2. The Balaban J connectivity index is 1.93. The molecule has 0 spiro atoms. The maximum absolute atomic E-state index is 11.8. The van der Waals surface area contributed by atoms with E-state index in [1.165, 1.54) is 6.92 Å². The zero-order chi connectivity index (χ0) is 18.7. The average molecular weight is 356 g/mol. The molecule has 2 aromatic carbocycles. The van der Waals surface area contributed by atoms with Crippen molar-refractivity contribution >= 4 is 11.8 Å². The van der Waals surface area contributed by atoms with Crippen molar-refractivity contribution in [3.05, 3.63) is 53.1 Å². The molecule has 1 unspecified atom stereocenters. The highest BCUT2D eigenvalue weighted by atomic mass is 16.7. The third kappa shape index (κ3) is 3.64. The number of Topliss-reactive ketones (excluding diaryl/α,β-unsaturated/α-hetero) is 1. The van der Waals surface area contributed by atoms with Crippen LogP contribution >= 0.6 is 0 Å². The zero-order valence-corrected chi connectivity index (χ0v) is 14.7. The Morgan fingerprint density at radius 1 is 1.15 bits per heavy atom. The van der Waals surface area contributed by atoms with Gasteiger partial charge in [-0.1, -0.05) is 19.4 Å². The number of rotatable bonds is 7. The lowest BCUT2D eigenvalue weighted by Gasteiger charge is -2.19. The molecule has 0 saturated carbocycles. The molecule has 26 heavy (non-hydrogen) atoms. The van der Waals surface area contributed by atoms with Crippen molar-refractivity contribution in [2.75, 3.05) is 6.79 Å². The molecule has 6 heteroatoms. The van der Waals surface area contributed by atoms with E-state index in [4.69, 9.17) is 14.2 Å². The first-order valence-electron chi connectivity index (χ1n) is 8.42. The summed E-state index contributed by atoms with van der Waals surface area (Å²) in [6, 6.07) is 10.0. The highest BCUT2D eigenvalue weighted by molar-refractivity contribution is 5.94. The molecule has 1 heterocycles. The first kappa shape index (κ1) is 17.8. The first-order valence-corrected chi connectivity index (χ1v) is 8.42. The summed E-state index contributed by atoms with van der Waals surface area (Å²) in [4.78, 5) is 23.4. The third-order valence-corrected chi connectivity index (χ3v) is 4.15. The van der Waals surface area contributed by atoms with Crippen molar-refractivity contribution in [3.63, 3.8) is 0 Å². The molecule has 1 N–H and O–H groups in total. The van der Waals surface area contributed by atoms with Crippen LogP contribution in [0.2, 0.25) is 0 Å². The van der Waals surface area contributed by atoms with Gasteiger partial charge < -0.3 is 19.3 Å². The van der Waals surface area contributed by atoms with Crippen LogP contribution in [0.3, 0.4) is 0 Å². The quantitative estimate of drug-likeness (QED) is 0.761. The summed E-state index contributed by atoms with van der Waals surface area (Å²) in [5.74, 6) is 0.386. The van der Waals surface area contributed by atoms with Crippen LogP contribution in [0.5, 0.6) is 17.2 Å². The van der Waals surface area contributed by atoms with Gasteiger partial charge in [-0.05, 0) is 49.2 Å². The van der Waals surface area contributed by atoms with Gasteiger partial charge in [0, 0.05) is 11.1 Å². The van der Waals surface area contributed by atoms with Gasteiger partial charge in [-0.2, -0.15) is 0 Å². The van der Waals surface area contributed by atoms with Crippen LogP contribution in [0.15, 0.2) is 36.4 Å². The van der Waals surface area contributed by atoms with E-state index in [2.05, 4.69) is 0 Å². The zero-order valence-electron chi connectivity index (χ0n) is 14.7. The van der Waals surface area contributed by atoms with Gasteiger partial charge in [0.2, 0.25) is 12.9 Å². The van der Waals surface area contributed by atoms with Gasteiger partial charge in [0.15, 0.2) is 17.3 Å². The first-order chi connectivity index (χ1) is 12.5. The fourth-order valence-corrected chi connectivity index (χ4v) is 2.84. The maximum Gasteiger partial charge on any atom is 0.349 e. The fourth-order valence-electron chi connectivity index (χ4n) is 2.84. The van der Waals surface area contributed by atoms with E-state index in [1.54, 1.807) is 36.4 Å². The van der Waals surface area contributed by atoms with Crippen molar-refractivity contribution in [1.82, 2.24) is 0 Å². The van der Waals surface area contributed by atoms with Gasteiger partial charge in [-0.15, -0.1) is 0 Å². The van der Waals surface area contributed by atoms with E-state index in [1.807, 2.05) is 6.92 Å². The normalized spacial score (nSPS) is 13.3. The lowest BCUT2D eigenvalue weighted by molar-refractivity contribution is -0.145. The van der Waals surface area contributed by atoms with Gasteiger partial charge >= 0.3 is 5.97 Å². The molecule has 0 radical (unpaired) electrons. The van der Waals surface area contributed by atoms with Crippen molar-refractivity contribution in [2.24, 2.45) is 0 Å². The number of ketones is 1. The molecular formula is C20H20O6. The Morgan fingerprint density at radius 2 is 1.92 bits per heavy atom. The molecular weight excluding hydrogens is 336 g/mol. The molecule has 0 aromatic heterocycles. The monoisotopic (exact) mass is 356 g/mol. The predicted molar refractivity (Wildman–Crippen MR) is 94.0 cm³/mol. The summed E-state index contributed by atoms with van der Waals surface area (Å²) in [6.07, 6.45) is 0.340. The van der Waals surface area contributed by atoms with Crippen LogP contribution < -0.4 is 14.2 Å². The minimum atomic E-state index is -1.19. The van der Waals surface area contributed by atoms with Crippen LogP contribution in [0.1, 0.15) is 47.9 Å². The van der Waals surface area contributed by atoms with Crippen LogP contribution in [0, 0.1) is 0 Å². The van der Waals surface area contributed by atoms with Crippen molar-refractivity contribution in [2.45, 2.75) is 32.8 Å². The second-order valence-electron chi connectivity index (χ2n) is 6.08. The number of carbonyl (C=O) groups excluding carboxylic acids is 1. The molecule has 6 nitrogen and oxygen atoms in total. The molecule has 1 aliphatic rings. The molecule has 1 atom stereocenters. The Hall–Kier alpha value is -3.02. The van der Waals surface area contributed by atoms with Gasteiger partial charge in [-0.25, -0.2) is 4.79 Å². The molecule has 136 valence electrons. The molecule has 0 amide bonds. The number of fused-ring (bicyclic) bond motifs is 1. The second-order valence-corrected chi connectivity index (χ2v) is 6.08. The number of ether oxygens (including phenoxy) is 3. The topological polar surface area (TPSA) is 82.1 Å². The van der Waals surface area contributed by atoms with Crippen molar-refractivity contribution in [3.8, 4) is 17.2 Å². The van der Waals surface area contributed by atoms with Gasteiger partial charge in [0.05, 0.1) is 0 Å². The summed E-state index contributed by atoms with van der Waals surface area (Å²) in [6.45, 7) is 3.62. The van der Waals surface area contributed by atoms with Gasteiger partial charge in [0.25, 0.3) is 0 Å². The number of carboxylic acid groups (broad SMARTS) is 1. The molecule has 0 fully saturated rings. The number of aliphatic carboxylic acids is 1. The standard InChI is InChI=1S/C20H20O6/c1-3-4-14-9-13(12(2)21)5-7-16(14)26-19(20(22)23)15-6-8-17-18(10-15)25-11-24-17/h5-10,19H,3-4,11H2,1-2H3,(H,22,23). The van der Waals surface area contributed by atoms with E-state index in [-0.39, 0.29) is 12.6 Å². The van der Waals surface area contributed by atoms with E-state index >= 15 is 0 Å². The van der Waals surface area contributed by atoms with E-state index < -0.39 is 12.1 Å². The Kier molecular flexibility index (Phi) is 5.11. The average Bonchev–Trinajstić information content (AvgIpc) is 3.08. The predicted octanol–water partition coefficient (Wildman–Crippen LogP) is 3.78. The Labute approximate surface area is 151 Å². The minimum Gasteiger partial charge on any atom is -0.478 e. The van der Waals surface area contributed by atoms with Crippen molar-refractivity contribution in [1.29, 1.82) is 0 Å². The number of benzene rings is 2. The number of aryl methyl sites for hydroxylation is 1. The van der Waals surface area contributed by atoms with Crippen LogP contribution in [-0.2, 0) is 11.2 Å². The summed E-state index contributed by atoms with van der Waals surface area (Å²) in [5, 5.41) is 9.65. The largest absolute Gasteiger partial charge is 0.478 e.